The van der Waals surface area contributed by atoms with Gasteiger partial charge in [0.1, 0.15) is 5.75 Å². The summed E-state index contributed by atoms with van der Waals surface area (Å²) in [4.78, 5) is 10.3. The third kappa shape index (κ3) is 3.66. The van der Waals surface area contributed by atoms with Crippen LogP contribution in [-0.2, 0) is 6.18 Å². The fourth-order valence-corrected chi connectivity index (χ4v) is 2.54. The van der Waals surface area contributed by atoms with Crippen molar-refractivity contribution in [1.29, 1.82) is 0 Å². The number of alkyl halides is 3. The molecule has 0 aromatic heterocycles. The number of hydrogen-bond acceptors (Lipinski definition) is 4. The molecule has 0 unspecified atom stereocenters. The highest BCUT2D eigenvalue weighted by Crippen LogP contribution is 2.41. The van der Waals surface area contributed by atoms with Crippen molar-refractivity contribution in [1.82, 2.24) is 0 Å². The Labute approximate surface area is 121 Å². The molecule has 0 saturated carbocycles. The lowest BCUT2D eigenvalue weighted by Gasteiger charge is -2.12. The largest absolute Gasteiger partial charge is 0.508 e. The molecule has 2 rings (SSSR count). The predicted octanol–water partition coefficient (Wildman–Crippen LogP) is 4.47. The molecule has 0 heterocycles. The van der Waals surface area contributed by atoms with Crippen LogP contribution in [0.1, 0.15) is 5.56 Å². The van der Waals surface area contributed by atoms with Crippen LogP contribution in [0.4, 0.5) is 18.9 Å². The average molecular weight is 315 g/mol. The van der Waals surface area contributed by atoms with Crippen LogP contribution >= 0.6 is 11.8 Å². The number of rotatable bonds is 3. The molecule has 0 aliphatic heterocycles. The number of phenols is 1. The van der Waals surface area contributed by atoms with Gasteiger partial charge in [0.05, 0.1) is 10.5 Å². The molecule has 1 N–H and O–H groups in total. The van der Waals surface area contributed by atoms with E-state index in [2.05, 4.69) is 0 Å². The smallest absolute Gasteiger partial charge is 0.417 e. The standard InChI is InChI=1S/C13H8F3NO3S/c14-13(15,16)11-7-9(18)3-6-12(11)21-10-4-1-8(2-5-10)17(19)20/h1-7,18H. The van der Waals surface area contributed by atoms with Crippen molar-refractivity contribution in [2.45, 2.75) is 16.0 Å². The van der Waals surface area contributed by atoms with E-state index in [1.165, 1.54) is 24.3 Å². The molecule has 110 valence electrons. The van der Waals surface area contributed by atoms with Crippen molar-refractivity contribution in [3.05, 3.63) is 58.1 Å². The van der Waals surface area contributed by atoms with E-state index in [0.29, 0.717) is 11.0 Å². The Hall–Kier alpha value is -2.22. The van der Waals surface area contributed by atoms with Crippen LogP contribution in [0.5, 0.6) is 5.75 Å². The van der Waals surface area contributed by atoms with Crippen molar-refractivity contribution < 1.29 is 23.2 Å². The first-order valence-electron chi connectivity index (χ1n) is 5.60. The SMILES string of the molecule is O=[N+]([O-])c1ccc(Sc2ccc(O)cc2C(F)(F)F)cc1. The van der Waals surface area contributed by atoms with Crippen LogP contribution < -0.4 is 0 Å². The molecule has 0 spiro atoms. The Bertz CT molecular complexity index is 671. The van der Waals surface area contributed by atoms with Gasteiger partial charge in [-0.2, -0.15) is 13.2 Å². The van der Waals surface area contributed by atoms with Gasteiger partial charge < -0.3 is 5.11 Å². The lowest BCUT2D eigenvalue weighted by molar-refractivity contribution is -0.384. The Kier molecular flexibility index (Phi) is 4.08. The van der Waals surface area contributed by atoms with Crippen LogP contribution in [0.15, 0.2) is 52.3 Å². The highest BCUT2D eigenvalue weighted by molar-refractivity contribution is 7.99. The van der Waals surface area contributed by atoms with Gasteiger partial charge in [-0.15, -0.1) is 0 Å². The Morgan fingerprint density at radius 3 is 2.24 bits per heavy atom. The number of aromatic hydroxyl groups is 1. The number of halogens is 3. The first kappa shape index (κ1) is 15.2. The molecule has 0 radical (unpaired) electrons. The van der Waals surface area contributed by atoms with E-state index in [1.807, 2.05) is 0 Å². The third-order valence-corrected chi connectivity index (χ3v) is 3.63. The van der Waals surface area contributed by atoms with E-state index in [1.54, 1.807) is 0 Å². The monoisotopic (exact) mass is 315 g/mol. The first-order chi connectivity index (χ1) is 9.77. The Morgan fingerprint density at radius 2 is 1.71 bits per heavy atom. The maximum atomic E-state index is 12.9. The average Bonchev–Trinajstić information content (AvgIpc) is 2.40. The fourth-order valence-electron chi connectivity index (χ4n) is 1.59. The van der Waals surface area contributed by atoms with Gasteiger partial charge in [-0.1, -0.05) is 11.8 Å². The maximum absolute atomic E-state index is 12.9. The second-order valence-electron chi connectivity index (χ2n) is 4.03. The van der Waals surface area contributed by atoms with Gasteiger partial charge in [0.2, 0.25) is 0 Å². The second kappa shape index (κ2) is 5.65. The van der Waals surface area contributed by atoms with Crippen molar-refractivity contribution in [2.75, 3.05) is 0 Å². The lowest BCUT2D eigenvalue weighted by atomic mass is 10.2. The fraction of sp³-hybridized carbons (Fsp3) is 0.0769. The highest BCUT2D eigenvalue weighted by Gasteiger charge is 2.34. The van der Waals surface area contributed by atoms with Crippen LogP contribution in [0.3, 0.4) is 0 Å². The van der Waals surface area contributed by atoms with Gasteiger partial charge in [0, 0.05) is 21.9 Å². The van der Waals surface area contributed by atoms with Crippen LogP contribution in [0.2, 0.25) is 0 Å². The number of non-ortho nitro benzene ring substituents is 1. The summed E-state index contributed by atoms with van der Waals surface area (Å²) in [6.45, 7) is 0. The van der Waals surface area contributed by atoms with E-state index in [9.17, 15) is 28.4 Å². The summed E-state index contributed by atoms with van der Waals surface area (Å²) in [5, 5.41) is 19.7. The molecule has 0 saturated heterocycles. The molecule has 0 bridgehead atoms. The summed E-state index contributed by atoms with van der Waals surface area (Å²) in [6.07, 6.45) is -4.60. The molecule has 0 aliphatic carbocycles. The van der Waals surface area contributed by atoms with E-state index < -0.39 is 22.4 Å². The normalized spacial score (nSPS) is 11.4. The van der Waals surface area contributed by atoms with Crippen LogP contribution in [0, 0.1) is 10.1 Å². The van der Waals surface area contributed by atoms with Gasteiger partial charge in [-0.3, -0.25) is 10.1 Å². The highest BCUT2D eigenvalue weighted by atomic mass is 32.2. The minimum Gasteiger partial charge on any atom is -0.508 e. The minimum absolute atomic E-state index is 0.0887. The summed E-state index contributed by atoms with van der Waals surface area (Å²) in [5.74, 6) is -0.477. The molecule has 2 aromatic carbocycles. The summed E-state index contributed by atoms with van der Waals surface area (Å²) in [6, 6.07) is 8.14. The quantitative estimate of drug-likeness (QED) is 0.670. The zero-order valence-electron chi connectivity index (χ0n) is 10.3. The van der Waals surface area contributed by atoms with Gasteiger partial charge in [-0.05, 0) is 30.3 Å². The van der Waals surface area contributed by atoms with E-state index in [0.717, 1.165) is 23.9 Å². The number of nitro benzene ring substituents is 1. The van der Waals surface area contributed by atoms with Crippen LogP contribution in [-0.4, -0.2) is 10.0 Å². The van der Waals surface area contributed by atoms with Gasteiger partial charge in [0.15, 0.2) is 0 Å². The summed E-state index contributed by atoms with van der Waals surface area (Å²) in [7, 11) is 0. The predicted molar refractivity (Wildman–Crippen MR) is 70.3 cm³/mol. The van der Waals surface area contributed by atoms with Crippen molar-refractivity contribution >= 4 is 17.4 Å². The zero-order valence-corrected chi connectivity index (χ0v) is 11.1. The molecule has 21 heavy (non-hydrogen) atoms. The molecule has 2 aromatic rings. The molecular weight excluding hydrogens is 307 g/mol. The molecule has 0 amide bonds. The first-order valence-corrected chi connectivity index (χ1v) is 6.41. The molecule has 8 heteroatoms. The number of phenolic OH excluding ortho intramolecular Hbond substituents is 1. The van der Waals surface area contributed by atoms with E-state index in [-0.39, 0.29) is 10.6 Å². The van der Waals surface area contributed by atoms with E-state index >= 15 is 0 Å². The molecule has 0 aliphatic rings. The number of hydrogen-bond donors (Lipinski definition) is 1. The van der Waals surface area contributed by atoms with Gasteiger partial charge >= 0.3 is 6.18 Å². The number of nitrogens with zero attached hydrogens (tertiary/aromatic N) is 1. The van der Waals surface area contributed by atoms with Crippen molar-refractivity contribution in [3.63, 3.8) is 0 Å². The third-order valence-electron chi connectivity index (χ3n) is 2.54. The van der Waals surface area contributed by atoms with Crippen molar-refractivity contribution in [3.8, 4) is 5.75 Å². The molecular formula is C13H8F3NO3S. The molecule has 0 fully saturated rings. The summed E-state index contributed by atoms with van der Waals surface area (Å²) >= 11 is 0.816. The van der Waals surface area contributed by atoms with Gasteiger partial charge in [0.25, 0.3) is 5.69 Å². The Morgan fingerprint density at radius 1 is 1.10 bits per heavy atom. The van der Waals surface area contributed by atoms with Crippen molar-refractivity contribution in [2.24, 2.45) is 0 Å². The van der Waals surface area contributed by atoms with Gasteiger partial charge in [-0.25, -0.2) is 0 Å². The Balaban J connectivity index is 2.33. The summed E-state index contributed by atoms with van der Waals surface area (Å²) in [5.41, 5.74) is -1.09. The molecule has 0 atom stereocenters. The lowest BCUT2D eigenvalue weighted by Crippen LogP contribution is -2.06. The maximum Gasteiger partial charge on any atom is 0.417 e. The molecule has 4 nitrogen and oxygen atoms in total. The zero-order chi connectivity index (χ0) is 15.6. The minimum atomic E-state index is -4.60. The number of benzene rings is 2. The second-order valence-corrected chi connectivity index (χ2v) is 5.15. The number of nitro groups is 1. The van der Waals surface area contributed by atoms with Crippen LogP contribution in [0.25, 0.3) is 0 Å². The topological polar surface area (TPSA) is 63.4 Å². The summed E-state index contributed by atoms with van der Waals surface area (Å²) < 4.78 is 38.7. The van der Waals surface area contributed by atoms with E-state index in [4.69, 9.17) is 0 Å².